The van der Waals surface area contributed by atoms with E-state index < -0.39 is 0 Å². The number of rotatable bonds is 4. The molecule has 0 heterocycles. The fraction of sp³-hybridized carbons (Fsp3) is 0.235. The summed E-state index contributed by atoms with van der Waals surface area (Å²) in [7, 11) is 0. The quantitative estimate of drug-likeness (QED) is 0.581. The molecule has 0 radical (unpaired) electrons. The molecule has 2 N–H and O–H groups in total. The Morgan fingerprint density at radius 1 is 1.14 bits per heavy atom. The molecule has 0 atom stereocenters. The van der Waals surface area contributed by atoms with Gasteiger partial charge in [0.2, 0.25) is 0 Å². The number of carbonyl (C=O) groups excluding carboxylic acids is 1. The van der Waals surface area contributed by atoms with E-state index in [1.807, 2.05) is 57.2 Å². The Kier molecular flexibility index (Phi) is 5.65. The van der Waals surface area contributed by atoms with Gasteiger partial charge in [0, 0.05) is 9.26 Å². The zero-order chi connectivity index (χ0) is 16.1. The molecule has 2 amide bonds. The van der Waals surface area contributed by atoms with Crippen molar-refractivity contribution in [3.05, 3.63) is 56.7 Å². The lowest BCUT2D eigenvalue weighted by atomic mass is 10.1. The van der Waals surface area contributed by atoms with E-state index in [2.05, 4.69) is 33.2 Å². The number of amides is 2. The van der Waals surface area contributed by atoms with Crippen LogP contribution in [0, 0.1) is 24.3 Å². The van der Waals surface area contributed by atoms with Gasteiger partial charge in [0.05, 0.1) is 0 Å². The van der Waals surface area contributed by atoms with Crippen LogP contribution in [0.15, 0.2) is 36.4 Å². The Balaban J connectivity index is 1.87. The molecular formula is C17H19IN2O2. The monoisotopic (exact) mass is 410 g/mol. The van der Waals surface area contributed by atoms with Gasteiger partial charge in [0.1, 0.15) is 5.75 Å². The minimum atomic E-state index is -0.283. The average molecular weight is 410 g/mol. The van der Waals surface area contributed by atoms with E-state index in [4.69, 9.17) is 4.74 Å². The minimum Gasteiger partial charge on any atom is -0.473 e. The van der Waals surface area contributed by atoms with Crippen molar-refractivity contribution in [1.29, 1.82) is 0 Å². The number of halogens is 1. The molecule has 0 aromatic heterocycles. The van der Waals surface area contributed by atoms with E-state index in [1.54, 1.807) is 0 Å². The number of hydrogen-bond donors (Lipinski definition) is 2. The molecule has 0 aliphatic carbocycles. The summed E-state index contributed by atoms with van der Waals surface area (Å²) in [4.78, 5) is 11.9. The van der Waals surface area contributed by atoms with Gasteiger partial charge in [-0.05, 0) is 84.3 Å². The number of aryl methyl sites for hydroxylation is 2. The number of hydrogen-bond acceptors (Lipinski definition) is 2. The van der Waals surface area contributed by atoms with Gasteiger partial charge in [0.25, 0.3) is 0 Å². The molecule has 0 aliphatic heterocycles. The maximum Gasteiger partial charge on any atom is 0.321 e. The highest BCUT2D eigenvalue weighted by atomic mass is 127. The highest BCUT2D eigenvalue weighted by Gasteiger charge is 2.06. The highest BCUT2D eigenvalue weighted by Crippen LogP contribution is 2.20. The molecule has 5 heteroatoms. The van der Waals surface area contributed by atoms with Gasteiger partial charge in [-0.2, -0.15) is 0 Å². The topological polar surface area (TPSA) is 50.4 Å². The fourth-order valence-corrected chi connectivity index (χ4v) is 2.64. The maximum atomic E-state index is 11.9. The maximum absolute atomic E-state index is 11.9. The van der Waals surface area contributed by atoms with Crippen LogP contribution in [0.4, 0.5) is 10.5 Å². The summed E-state index contributed by atoms with van der Waals surface area (Å²) in [6.07, 6.45) is 0. The van der Waals surface area contributed by atoms with Crippen molar-refractivity contribution in [2.45, 2.75) is 20.8 Å². The third-order valence-electron chi connectivity index (χ3n) is 3.45. The van der Waals surface area contributed by atoms with Crippen LogP contribution < -0.4 is 15.4 Å². The molecule has 0 aliphatic rings. The van der Waals surface area contributed by atoms with Crippen molar-refractivity contribution in [3.63, 3.8) is 0 Å². The predicted molar refractivity (Wildman–Crippen MR) is 97.5 cm³/mol. The van der Waals surface area contributed by atoms with Gasteiger partial charge in [-0.3, -0.25) is 0 Å². The smallest absolute Gasteiger partial charge is 0.321 e. The molecule has 0 unspecified atom stereocenters. The third-order valence-corrected chi connectivity index (χ3v) is 4.12. The van der Waals surface area contributed by atoms with Crippen molar-refractivity contribution >= 4 is 34.3 Å². The Morgan fingerprint density at radius 2 is 1.91 bits per heavy atom. The van der Waals surface area contributed by atoms with Crippen LogP contribution in [-0.2, 0) is 0 Å². The summed E-state index contributed by atoms with van der Waals surface area (Å²) in [5.41, 5.74) is 4.07. The number of ether oxygens (including phenoxy) is 1. The number of urea groups is 1. The van der Waals surface area contributed by atoms with Gasteiger partial charge < -0.3 is 15.4 Å². The molecule has 0 fully saturated rings. The van der Waals surface area contributed by atoms with Gasteiger partial charge in [-0.25, -0.2) is 4.79 Å². The van der Waals surface area contributed by atoms with Crippen LogP contribution in [0.3, 0.4) is 0 Å². The first-order valence-electron chi connectivity index (χ1n) is 6.97. The van der Waals surface area contributed by atoms with Crippen molar-refractivity contribution in [3.8, 4) is 5.75 Å². The fourth-order valence-electron chi connectivity index (χ4n) is 1.99. The van der Waals surface area contributed by atoms with Gasteiger partial charge in [0.15, 0.2) is 6.73 Å². The second kappa shape index (κ2) is 7.49. The van der Waals surface area contributed by atoms with E-state index in [9.17, 15) is 4.79 Å². The molecule has 22 heavy (non-hydrogen) atoms. The summed E-state index contributed by atoms with van der Waals surface area (Å²) >= 11 is 2.24. The molecule has 2 rings (SSSR count). The van der Waals surface area contributed by atoms with E-state index in [0.717, 1.165) is 31.7 Å². The first kappa shape index (κ1) is 16.6. The molecule has 2 aromatic carbocycles. The van der Waals surface area contributed by atoms with Gasteiger partial charge in [-0.15, -0.1) is 0 Å². The first-order valence-corrected chi connectivity index (χ1v) is 8.05. The van der Waals surface area contributed by atoms with Crippen molar-refractivity contribution < 1.29 is 9.53 Å². The van der Waals surface area contributed by atoms with Crippen LogP contribution in [0.25, 0.3) is 0 Å². The van der Waals surface area contributed by atoms with Crippen LogP contribution in [0.2, 0.25) is 0 Å². The van der Waals surface area contributed by atoms with Crippen LogP contribution in [-0.4, -0.2) is 12.8 Å². The number of anilines is 1. The number of benzene rings is 2. The standard InChI is InChI=1S/C17H19IN2O2/c1-11-5-4-6-16(13(11)3)22-10-19-17(21)20-15-8-7-14(18)9-12(15)2/h4-9H,10H2,1-3H3,(H2,19,20,21). The minimum absolute atomic E-state index is 0.125. The molecule has 4 nitrogen and oxygen atoms in total. The van der Waals surface area contributed by atoms with Crippen LogP contribution >= 0.6 is 22.6 Å². The Hall–Kier alpha value is -1.76. The second-order valence-electron chi connectivity index (χ2n) is 5.08. The summed E-state index contributed by atoms with van der Waals surface area (Å²) in [5, 5.41) is 5.51. The van der Waals surface area contributed by atoms with Crippen LogP contribution in [0.1, 0.15) is 16.7 Å². The average Bonchev–Trinajstić information content (AvgIpc) is 2.46. The predicted octanol–water partition coefficient (Wildman–Crippen LogP) is 4.37. The molecule has 2 aromatic rings. The zero-order valence-corrected chi connectivity index (χ0v) is 15.0. The lowest BCUT2D eigenvalue weighted by Crippen LogP contribution is -2.32. The van der Waals surface area contributed by atoms with Gasteiger partial charge in [-0.1, -0.05) is 12.1 Å². The highest BCUT2D eigenvalue weighted by molar-refractivity contribution is 14.1. The zero-order valence-electron chi connectivity index (χ0n) is 12.9. The van der Waals surface area contributed by atoms with E-state index in [1.165, 1.54) is 0 Å². The van der Waals surface area contributed by atoms with Crippen LogP contribution in [0.5, 0.6) is 5.75 Å². The molecule has 0 spiro atoms. The largest absolute Gasteiger partial charge is 0.473 e. The Bertz CT molecular complexity index is 686. The number of carbonyl (C=O) groups is 1. The van der Waals surface area contributed by atoms with E-state index in [0.29, 0.717) is 0 Å². The summed E-state index contributed by atoms with van der Waals surface area (Å²) in [6, 6.07) is 11.4. The summed E-state index contributed by atoms with van der Waals surface area (Å²) in [6.45, 7) is 6.12. The van der Waals surface area contributed by atoms with Gasteiger partial charge >= 0.3 is 6.03 Å². The third kappa shape index (κ3) is 4.37. The van der Waals surface area contributed by atoms with Crippen molar-refractivity contribution in [2.24, 2.45) is 0 Å². The van der Waals surface area contributed by atoms with Crippen molar-refractivity contribution in [1.82, 2.24) is 5.32 Å². The van der Waals surface area contributed by atoms with Crippen molar-refractivity contribution in [2.75, 3.05) is 12.0 Å². The first-order chi connectivity index (χ1) is 10.5. The molecule has 0 saturated heterocycles. The normalized spacial score (nSPS) is 10.2. The molecule has 116 valence electrons. The molecular weight excluding hydrogens is 391 g/mol. The lowest BCUT2D eigenvalue weighted by Gasteiger charge is -2.13. The Labute approximate surface area is 144 Å². The lowest BCUT2D eigenvalue weighted by molar-refractivity contribution is 0.234. The molecule has 0 saturated carbocycles. The summed E-state index contributed by atoms with van der Waals surface area (Å²) < 4.78 is 6.74. The number of nitrogens with one attached hydrogen (secondary N) is 2. The molecule has 0 bridgehead atoms. The van der Waals surface area contributed by atoms with E-state index >= 15 is 0 Å². The second-order valence-corrected chi connectivity index (χ2v) is 6.32. The van der Waals surface area contributed by atoms with E-state index in [-0.39, 0.29) is 12.8 Å². The SMILES string of the molecule is Cc1cc(I)ccc1NC(=O)NCOc1cccc(C)c1C. The summed E-state index contributed by atoms with van der Waals surface area (Å²) in [5.74, 6) is 0.783. The Morgan fingerprint density at radius 3 is 2.64 bits per heavy atom.